The van der Waals surface area contributed by atoms with Crippen LogP contribution in [0.5, 0.6) is 0 Å². The monoisotopic (exact) mass is 504 g/mol. The van der Waals surface area contributed by atoms with Crippen molar-refractivity contribution in [1.29, 1.82) is 0 Å². The lowest BCUT2D eigenvalue weighted by Crippen LogP contribution is -2.60. The van der Waals surface area contributed by atoms with Crippen LogP contribution >= 0.6 is 11.8 Å². The van der Waals surface area contributed by atoms with Gasteiger partial charge >= 0.3 is 0 Å². The molecule has 35 heavy (non-hydrogen) atoms. The Bertz CT molecular complexity index is 974. The third kappa shape index (κ3) is 7.75. The van der Waals surface area contributed by atoms with E-state index in [9.17, 15) is 18.4 Å². The quantitative estimate of drug-likeness (QED) is 0.440. The summed E-state index contributed by atoms with van der Waals surface area (Å²) in [5.74, 6) is 0.117. The number of rotatable bonds is 11. The fraction of sp³-hybridized carbons (Fsp3) is 0.462. The second-order valence-corrected chi connectivity index (χ2v) is 9.83. The summed E-state index contributed by atoms with van der Waals surface area (Å²) in [6.45, 7) is 2.20. The number of halogens is 2. The first kappa shape index (κ1) is 27.1. The first-order valence-corrected chi connectivity index (χ1v) is 13.2. The van der Waals surface area contributed by atoms with Gasteiger partial charge in [0.15, 0.2) is 0 Å². The van der Waals surface area contributed by atoms with Crippen molar-refractivity contribution in [2.24, 2.45) is 0 Å². The van der Waals surface area contributed by atoms with Gasteiger partial charge in [0.05, 0.1) is 6.54 Å². The average molecular weight is 505 g/mol. The van der Waals surface area contributed by atoms with Crippen molar-refractivity contribution in [2.45, 2.75) is 25.4 Å². The minimum Gasteiger partial charge on any atom is -0.339 e. The van der Waals surface area contributed by atoms with E-state index in [4.69, 9.17) is 0 Å². The van der Waals surface area contributed by atoms with Crippen LogP contribution in [0.2, 0.25) is 0 Å². The van der Waals surface area contributed by atoms with Crippen molar-refractivity contribution < 1.29 is 18.4 Å². The summed E-state index contributed by atoms with van der Waals surface area (Å²) >= 11 is 1.66. The number of piperazine rings is 1. The number of thioether (sulfide) groups is 1. The smallest absolute Gasteiger partial charge is 0.245 e. The lowest BCUT2D eigenvalue weighted by molar-refractivity contribution is -0.154. The van der Waals surface area contributed by atoms with E-state index < -0.39 is 6.04 Å². The molecule has 2 aromatic carbocycles. The molecule has 0 radical (unpaired) electrons. The molecule has 1 atom stereocenters. The van der Waals surface area contributed by atoms with Crippen LogP contribution in [-0.2, 0) is 22.6 Å². The molecule has 190 valence electrons. The third-order valence-corrected chi connectivity index (χ3v) is 7.00. The van der Waals surface area contributed by atoms with E-state index >= 15 is 0 Å². The Hall–Kier alpha value is -2.49. The van der Waals surface area contributed by atoms with Gasteiger partial charge in [0.25, 0.3) is 0 Å². The molecule has 0 bridgehead atoms. The normalized spacial score (nSPS) is 16.4. The maximum Gasteiger partial charge on any atom is 0.245 e. The van der Waals surface area contributed by atoms with E-state index in [1.165, 1.54) is 24.3 Å². The van der Waals surface area contributed by atoms with Gasteiger partial charge in [-0.05, 0) is 60.2 Å². The van der Waals surface area contributed by atoms with Crippen LogP contribution in [0.25, 0.3) is 0 Å². The molecule has 0 aliphatic carbocycles. The highest BCUT2D eigenvalue weighted by Gasteiger charge is 2.37. The van der Waals surface area contributed by atoms with Gasteiger partial charge in [0.2, 0.25) is 11.8 Å². The summed E-state index contributed by atoms with van der Waals surface area (Å²) < 4.78 is 26.3. The Morgan fingerprint density at radius 1 is 0.971 bits per heavy atom. The maximum atomic E-state index is 13.3. The van der Waals surface area contributed by atoms with Crippen molar-refractivity contribution >= 4 is 23.6 Å². The molecular formula is C26H34F2N4O2S. The lowest BCUT2D eigenvalue weighted by atomic mass is 10.1. The second-order valence-electron chi connectivity index (χ2n) is 8.84. The Balaban J connectivity index is 1.59. The van der Waals surface area contributed by atoms with Crippen molar-refractivity contribution in [3.05, 3.63) is 71.3 Å². The summed E-state index contributed by atoms with van der Waals surface area (Å²) in [5.41, 5.74) is 1.92. The van der Waals surface area contributed by atoms with Crippen LogP contribution in [0, 0.1) is 11.6 Å². The van der Waals surface area contributed by atoms with E-state index in [0.717, 1.165) is 16.9 Å². The van der Waals surface area contributed by atoms with Gasteiger partial charge in [-0.15, -0.1) is 0 Å². The van der Waals surface area contributed by atoms with Crippen LogP contribution in [0.15, 0.2) is 48.5 Å². The van der Waals surface area contributed by atoms with Crippen molar-refractivity contribution in [3.8, 4) is 0 Å². The van der Waals surface area contributed by atoms with E-state index in [2.05, 4.69) is 0 Å². The lowest BCUT2D eigenvalue weighted by Gasteiger charge is -2.41. The highest BCUT2D eigenvalue weighted by Crippen LogP contribution is 2.18. The molecule has 2 amide bonds. The number of carbonyl (C=O) groups excluding carboxylic acids is 2. The number of carbonyl (C=O) groups is 2. The predicted molar refractivity (Wildman–Crippen MR) is 136 cm³/mol. The molecule has 0 N–H and O–H groups in total. The molecule has 1 aliphatic rings. The number of hydrazine groups is 1. The predicted octanol–water partition coefficient (Wildman–Crippen LogP) is 3.28. The first-order chi connectivity index (χ1) is 16.8. The highest BCUT2D eigenvalue weighted by atomic mass is 32.2. The Labute approximate surface area is 210 Å². The molecule has 9 heteroatoms. The van der Waals surface area contributed by atoms with Gasteiger partial charge < -0.3 is 9.80 Å². The minimum absolute atomic E-state index is 0.0249. The molecule has 0 unspecified atom stereocenters. The third-order valence-electron chi connectivity index (χ3n) is 6.35. The number of likely N-dealkylation sites (N-methyl/N-ethyl adjacent to an activating group) is 1. The first-order valence-electron chi connectivity index (χ1n) is 11.8. The number of amides is 2. The van der Waals surface area contributed by atoms with Gasteiger partial charge in [-0.3, -0.25) is 9.59 Å². The molecule has 1 aliphatic heterocycles. The van der Waals surface area contributed by atoms with Crippen LogP contribution in [0.1, 0.15) is 17.5 Å². The Morgan fingerprint density at radius 2 is 1.57 bits per heavy atom. The summed E-state index contributed by atoms with van der Waals surface area (Å²) in [4.78, 5) is 30.1. The van der Waals surface area contributed by atoms with Gasteiger partial charge in [-0.2, -0.15) is 11.8 Å². The second kappa shape index (κ2) is 13.0. The van der Waals surface area contributed by atoms with Gasteiger partial charge in [-0.1, -0.05) is 24.3 Å². The van der Waals surface area contributed by atoms with E-state index in [1.54, 1.807) is 40.9 Å². The molecule has 2 aromatic rings. The Kier molecular flexibility index (Phi) is 10.1. The van der Waals surface area contributed by atoms with Crippen LogP contribution in [0.4, 0.5) is 8.78 Å². The SMILES string of the molecule is CSCC[C@H]1C(=O)N(CCc2ccc(F)cc2)CCN1C(=O)CN(C)N(C)Cc1ccc(F)cc1. The molecule has 0 spiro atoms. The molecular weight excluding hydrogens is 470 g/mol. The van der Waals surface area contributed by atoms with Gasteiger partial charge in [-0.25, -0.2) is 18.8 Å². The maximum absolute atomic E-state index is 13.3. The van der Waals surface area contributed by atoms with Crippen LogP contribution in [-0.4, -0.2) is 90.0 Å². The summed E-state index contributed by atoms with van der Waals surface area (Å²) in [6.07, 6.45) is 3.24. The van der Waals surface area contributed by atoms with Crippen molar-refractivity contribution in [1.82, 2.24) is 19.8 Å². The Morgan fingerprint density at radius 3 is 2.17 bits per heavy atom. The van der Waals surface area contributed by atoms with Gasteiger partial charge in [0.1, 0.15) is 17.7 Å². The summed E-state index contributed by atoms with van der Waals surface area (Å²) in [5, 5.41) is 3.73. The average Bonchev–Trinajstić information content (AvgIpc) is 2.84. The number of hydrogen-bond donors (Lipinski definition) is 0. The van der Waals surface area contributed by atoms with Crippen LogP contribution < -0.4 is 0 Å². The van der Waals surface area contributed by atoms with Crippen molar-refractivity contribution in [2.75, 3.05) is 52.3 Å². The summed E-state index contributed by atoms with van der Waals surface area (Å²) in [7, 11) is 3.71. The molecule has 0 saturated carbocycles. The topological polar surface area (TPSA) is 47.1 Å². The zero-order valence-electron chi connectivity index (χ0n) is 20.6. The molecule has 6 nitrogen and oxygen atoms in total. The van der Waals surface area contributed by atoms with Crippen LogP contribution in [0.3, 0.4) is 0 Å². The highest BCUT2D eigenvalue weighted by molar-refractivity contribution is 7.98. The molecule has 0 aromatic heterocycles. The minimum atomic E-state index is -0.479. The fourth-order valence-corrected chi connectivity index (χ4v) is 4.62. The number of hydrogen-bond acceptors (Lipinski definition) is 5. The largest absolute Gasteiger partial charge is 0.339 e. The molecule has 3 rings (SSSR count). The fourth-order valence-electron chi connectivity index (χ4n) is 4.17. The molecule has 1 fully saturated rings. The van der Waals surface area contributed by atoms with Crippen molar-refractivity contribution in [3.63, 3.8) is 0 Å². The van der Waals surface area contributed by atoms with E-state index in [-0.39, 0.29) is 30.0 Å². The number of benzene rings is 2. The zero-order valence-corrected chi connectivity index (χ0v) is 21.4. The number of nitrogens with zero attached hydrogens (tertiary/aromatic N) is 4. The summed E-state index contributed by atoms with van der Waals surface area (Å²) in [6, 6.07) is 12.2. The van der Waals surface area contributed by atoms with E-state index in [1.807, 2.05) is 35.3 Å². The van der Waals surface area contributed by atoms with E-state index in [0.29, 0.717) is 39.0 Å². The molecule has 1 heterocycles. The molecule has 1 saturated heterocycles. The standard InChI is InChI=1S/C26H34F2N4O2S/c1-29(18-21-6-10-23(28)11-7-21)30(2)19-25(33)32-16-15-31(26(34)24(32)13-17-35-3)14-12-20-4-8-22(27)9-5-20/h4-11,24H,12-19H2,1-3H3/t24-/m0/s1. The zero-order chi connectivity index (χ0) is 25.4. The van der Waals surface area contributed by atoms with Gasteiger partial charge in [0, 0.05) is 40.3 Å².